The Morgan fingerprint density at radius 3 is 1.70 bits per heavy atom. The molecule has 0 radical (unpaired) electrons. The molecule has 0 aliphatic heterocycles. The SMILES string of the molecule is CC(C)O[Si](OC(C)C)(OC(C)C)[SiH2]CCCC(O)=S. The Bertz CT molecular complexity index is 259. The summed E-state index contributed by atoms with van der Waals surface area (Å²) in [6.45, 7) is 12.1. The van der Waals surface area contributed by atoms with Gasteiger partial charge in [0, 0.05) is 24.7 Å². The normalized spacial score (nSPS) is 13.2. The lowest BCUT2D eigenvalue weighted by Gasteiger charge is -2.35. The van der Waals surface area contributed by atoms with Gasteiger partial charge in [0.25, 0.3) is 0 Å². The molecule has 0 fully saturated rings. The molecule has 0 aliphatic carbocycles. The molecule has 0 rings (SSSR count). The summed E-state index contributed by atoms with van der Waals surface area (Å²) >= 11 is 4.70. The molecular weight excluding hydrogens is 308 g/mol. The van der Waals surface area contributed by atoms with Gasteiger partial charge in [0.15, 0.2) is 5.05 Å². The molecule has 4 nitrogen and oxygen atoms in total. The lowest BCUT2D eigenvalue weighted by atomic mass is 10.4. The maximum atomic E-state index is 9.08. The topological polar surface area (TPSA) is 47.9 Å². The number of aliphatic hydroxyl groups excluding tert-OH is 1. The summed E-state index contributed by atoms with van der Waals surface area (Å²) in [4.78, 5) is 0. The van der Waals surface area contributed by atoms with Crippen molar-refractivity contribution in [2.24, 2.45) is 0 Å². The van der Waals surface area contributed by atoms with Crippen LogP contribution in [0.2, 0.25) is 6.04 Å². The average Bonchev–Trinajstić information content (AvgIpc) is 2.20. The van der Waals surface area contributed by atoms with Gasteiger partial charge in [-0.3, -0.25) is 0 Å². The highest BCUT2D eigenvalue weighted by Crippen LogP contribution is 2.18. The van der Waals surface area contributed by atoms with E-state index in [0.29, 0.717) is 6.42 Å². The van der Waals surface area contributed by atoms with Gasteiger partial charge < -0.3 is 18.4 Å². The van der Waals surface area contributed by atoms with Crippen molar-refractivity contribution >= 4 is 34.6 Å². The Balaban J connectivity index is 4.72. The van der Waals surface area contributed by atoms with Crippen LogP contribution in [0.4, 0.5) is 0 Å². The van der Waals surface area contributed by atoms with E-state index in [1.807, 2.05) is 41.5 Å². The number of rotatable bonds is 11. The maximum absolute atomic E-state index is 9.08. The lowest BCUT2D eigenvalue weighted by Crippen LogP contribution is -2.56. The van der Waals surface area contributed by atoms with E-state index in [1.54, 1.807) is 0 Å². The zero-order valence-corrected chi connectivity index (χ0v) is 16.9. The summed E-state index contributed by atoms with van der Waals surface area (Å²) < 4.78 is 18.4. The van der Waals surface area contributed by atoms with Crippen molar-refractivity contribution in [3.8, 4) is 0 Å². The number of aliphatic hydroxyl groups is 1. The smallest absolute Gasteiger partial charge is 0.462 e. The summed E-state index contributed by atoms with van der Waals surface area (Å²) in [5, 5.41) is 9.17. The molecule has 0 saturated heterocycles. The Morgan fingerprint density at radius 1 is 1.00 bits per heavy atom. The summed E-state index contributed by atoms with van der Waals surface area (Å²) in [6, 6.07) is 1.01. The Labute approximate surface area is 132 Å². The average molecular weight is 339 g/mol. The highest BCUT2D eigenvalue weighted by Gasteiger charge is 2.42. The minimum absolute atomic E-state index is 0.0885. The van der Waals surface area contributed by atoms with Crippen molar-refractivity contribution in [2.45, 2.75) is 78.7 Å². The van der Waals surface area contributed by atoms with Gasteiger partial charge in [-0.15, -0.1) is 0 Å². The molecule has 0 aromatic carbocycles. The standard InChI is InChI=1S/C13H30O4SSi2/c1-10(2)15-20(16-11(3)4,17-12(5)6)19-9-7-8-13(14)18/h10-12H,7-9,19H2,1-6H3,(H,14,18). The molecule has 1 N–H and O–H groups in total. The van der Waals surface area contributed by atoms with Crippen LogP contribution in [0.15, 0.2) is 0 Å². The van der Waals surface area contributed by atoms with Gasteiger partial charge in [0.05, 0.1) is 0 Å². The van der Waals surface area contributed by atoms with Gasteiger partial charge in [-0.1, -0.05) is 6.04 Å². The first-order valence-electron chi connectivity index (χ1n) is 7.42. The summed E-state index contributed by atoms with van der Waals surface area (Å²) in [7, 11) is -3.19. The van der Waals surface area contributed by atoms with Crippen LogP contribution < -0.4 is 0 Å². The highest BCUT2D eigenvalue weighted by atomic mass is 32.1. The van der Waals surface area contributed by atoms with Gasteiger partial charge in [-0.25, -0.2) is 0 Å². The van der Waals surface area contributed by atoms with Crippen molar-refractivity contribution in [1.82, 2.24) is 0 Å². The molecule has 0 aromatic heterocycles. The van der Waals surface area contributed by atoms with Crippen molar-refractivity contribution in [3.05, 3.63) is 0 Å². The molecule has 0 saturated carbocycles. The molecule has 0 atom stereocenters. The van der Waals surface area contributed by atoms with Crippen LogP contribution in [0.3, 0.4) is 0 Å². The van der Waals surface area contributed by atoms with E-state index in [-0.39, 0.29) is 23.4 Å². The molecule has 0 amide bonds. The van der Waals surface area contributed by atoms with E-state index < -0.39 is 17.4 Å². The largest absolute Gasteiger partial charge is 0.502 e. The number of hydrogen-bond donors (Lipinski definition) is 1. The highest BCUT2D eigenvalue weighted by molar-refractivity contribution is 7.80. The molecule has 0 heterocycles. The zero-order valence-electron chi connectivity index (χ0n) is 13.6. The molecule has 7 heteroatoms. The van der Waals surface area contributed by atoms with Crippen molar-refractivity contribution in [3.63, 3.8) is 0 Å². The second-order valence-electron chi connectivity index (χ2n) is 5.78. The van der Waals surface area contributed by atoms with Crippen LogP contribution in [0.5, 0.6) is 0 Å². The summed E-state index contributed by atoms with van der Waals surface area (Å²) in [5.74, 6) is 0. The molecule has 0 spiro atoms. The lowest BCUT2D eigenvalue weighted by molar-refractivity contribution is 0.0213. The van der Waals surface area contributed by atoms with E-state index in [1.165, 1.54) is 0 Å². The van der Waals surface area contributed by atoms with E-state index in [4.69, 9.17) is 30.6 Å². The zero-order chi connectivity index (χ0) is 15.8. The van der Waals surface area contributed by atoms with Crippen molar-refractivity contribution < 1.29 is 18.4 Å². The molecule has 0 aromatic rings. The molecule has 120 valence electrons. The van der Waals surface area contributed by atoms with E-state index in [9.17, 15) is 0 Å². The predicted octanol–water partition coefficient (Wildman–Crippen LogP) is 2.95. The molecule has 20 heavy (non-hydrogen) atoms. The first-order chi connectivity index (χ1) is 9.17. The minimum atomic E-state index is -2.54. The van der Waals surface area contributed by atoms with Gasteiger partial charge >= 0.3 is 8.32 Å². The van der Waals surface area contributed by atoms with Crippen LogP contribution in [0.25, 0.3) is 0 Å². The van der Waals surface area contributed by atoms with Gasteiger partial charge in [-0.05, 0) is 60.2 Å². The summed E-state index contributed by atoms with van der Waals surface area (Å²) in [5.41, 5.74) is 0. The maximum Gasteiger partial charge on any atom is 0.462 e. The Kier molecular flexibility index (Phi) is 10.1. The number of hydrogen-bond acceptors (Lipinski definition) is 4. The monoisotopic (exact) mass is 338 g/mol. The fourth-order valence-electron chi connectivity index (χ4n) is 1.96. The molecule has 0 aliphatic rings. The van der Waals surface area contributed by atoms with E-state index >= 15 is 0 Å². The van der Waals surface area contributed by atoms with Gasteiger partial charge in [0.1, 0.15) is 9.04 Å². The fraction of sp³-hybridized carbons (Fsp3) is 0.923. The summed E-state index contributed by atoms with van der Waals surface area (Å²) in [6.07, 6.45) is 1.78. The quantitative estimate of drug-likeness (QED) is 0.356. The van der Waals surface area contributed by atoms with Crippen LogP contribution in [0, 0.1) is 0 Å². The molecule has 0 bridgehead atoms. The van der Waals surface area contributed by atoms with Crippen LogP contribution in [0.1, 0.15) is 54.4 Å². The Morgan fingerprint density at radius 2 is 1.40 bits per heavy atom. The third-order valence-electron chi connectivity index (χ3n) is 2.37. The first-order valence-corrected chi connectivity index (χ1v) is 12.9. The van der Waals surface area contributed by atoms with Crippen molar-refractivity contribution in [1.29, 1.82) is 0 Å². The van der Waals surface area contributed by atoms with E-state index in [0.717, 1.165) is 12.5 Å². The van der Waals surface area contributed by atoms with E-state index in [2.05, 4.69) is 0 Å². The van der Waals surface area contributed by atoms with Crippen LogP contribution in [-0.4, -0.2) is 45.8 Å². The van der Waals surface area contributed by atoms with Crippen LogP contribution >= 0.6 is 12.2 Å². The molecular formula is C13H30O4SSi2. The Hall–Kier alpha value is 0.204. The minimum Gasteiger partial charge on any atom is -0.502 e. The van der Waals surface area contributed by atoms with Gasteiger partial charge in [-0.2, -0.15) is 0 Å². The second kappa shape index (κ2) is 10.0. The predicted molar refractivity (Wildman–Crippen MR) is 92.2 cm³/mol. The number of thiocarbonyl (C=S) groups is 1. The third-order valence-corrected chi connectivity index (χ3v) is 10.9. The van der Waals surface area contributed by atoms with Crippen molar-refractivity contribution in [2.75, 3.05) is 0 Å². The fourth-order valence-corrected chi connectivity index (χ4v) is 11.8. The molecule has 0 unspecified atom stereocenters. The van der Waals surface area contributed by atoms with Gasteiger partial charge in [0.2, 0.25) is 0 Å². The first kappa shape index (κ1) is 20.2. The second-order valence-corrected chi connectivity index (χ2v) is 13.6. The van der Waals surface area contributed by atoms with Crippen LogP contribution in [-0.2, 0) is 13.3 Å². The third kappa shape index (κ3) is 10.0.